The number of carbonyl (C=O) groups excluding carboxylic acids is 3. The first-order valence-electron chi connectivity index (χ1n) is 9.63. The Morgan fingerprint density at radius 1 is 1.03 bits per heavy atom. The summed E-state index contributed by atoms with van der Waals surface area (Å²) in [6.07, 6.45) is 0.783. The molecule has 0 bridgehead atoms. The summed E-state index contributed by atoms with van der Waals surface area (Å²) in [5.74, 6) is -1.12. The van der Waals surface area contributed by atoms with Crippen molar-refractivity contribution in [3.8, 4) is 0 Å². The molecular formula is C22H25N3O4. The van der Waals surface area contributed by atoms with Crippen LogP contribution in [0.25, 0.3) is 0 Å². The summed E-state index contributed by atoms with van der Waals surface area (Å²) in [4.78, 5) is 38.9. The molecule has 3 amide bonds. The first-order chi connectivity index (χ1) is 14.0. The number of ether oxygens (including phenoxy) is 1. The molecule has 0 radical (unpaired) electrons. The zero-order valence-electron chi connectivity index (χ0n) is 16.6. The number of nitrogens with zero attached hydrogens (tertiary/aromatic N) is 1. The van der Waals surface area contributed by atoms with E-state index < -0.39 is 18.0 Å². The summed E-state index contributed by atoms with van der Waals surface area (Å²) < 4.78 is 5.23. The number of esters is 1. The van der Waals surface area contributed by atoms with Crippen molar-refractivity contribution in [2.75, 3.05) is 23.4 Å². The number of hydrogen-bond donors (Lipinski definition) is 2. The molecule has 0 saturated heterocycles. The van der Waals surface area contributed by atoms with E-state index in [1.54, 1.807) is 43.0 Å². The van der Waals surface area contributed by atoms with Crippen LogP contribution in [0.15, 0.2) is 54.6 Å². The molecule has 2 aromatic carbocycles. The van der Waals surface area contributed by atoms with Crippen LogP contribution < -0.4 is 15.5 Å². The van der Waals surface area contributed by atoms with Crippen molar-refractivity contribution in [2.24, 2.45) is 5.92 Å². The van der Waals surface area contributed by atoms with E-state index in [-0.39, 0.29) is 18.4 Å². The molecule has 0 spiro atoms. The summed E-state index contributed by atoms with van der Waals surface area (Å²) in [7, 11) is 0. The number of rotatable bonds is 6. The van der Waals surface area contributed by atoms with Crippen LogP contribution >= 0.6 is 0 Å². The maximum atomic E-state index is 12.5. The van der Waals surface area contributed by atoms with Gasteiger partial charge in [0, 0.05) is 17.9 Å². The van der Waals surface area contributed by atoms with Crippen molar-refractivity contribution >= 4 is 29.3 Å². The van der Waals surface area contributed by atoms with Crippen LogP contribution in [0.2, 0.25) is 0 Å². The lowest BCUT2D eigenvalue weighted by molar-refractivity contribution is -0.150. The molecule has 1 heterocycles. The third-order valence-electron chi connectivity index (χ3n) is 4.76. The molecule has 0 aromatic heterocycles. The Labute approximate surface area is 170 Å². The van der Waals surface area contributed by atoms with E-state index in [1.165, 1.54) is 0 Å². The molecule has 1 atom stereocenters. The third kappa shape index (κ3) is 5.13. The molecule has 7 heteroatoms. The highest BCUT2D eigenvalue weighted by molar-refractivity contribution is 5.98. The maximum Gasteiger partial charge on any atom is 0.329 e. The predicted molar refractivity (Wildman–Crippen MR) is 111 cm³/mol. The van der Waals surface area contributed by atoms with E-state index in [2.05, 4.69) is 10.6 Å². The second-order valence-electron chi connectivity index (χ2n) is 7.22. The minimum atomic E-state index is -0.864. The standard InChI is InChI=1S/C22H25N3O4/c1-15(2)20(24-22(28)23-17-9-4-3-5-10-17)21(27)29-14-19(26)25-13-12-16-8-6-7-11-18(16)25/h3-11,15,20H,12-14H2,1-2H3,(H2,23,24,28)/t20-/m0/s1. The van der Waals surface area contributed by atoms with Gasteiger partial charge in [-0.25, -0.2) is 9.59 Å². The van der Waals surface area contributed by atoms with E-state index in [0.29, 0.717) is 12.2 Å². The van der Waals surface area contributed by atoms with Gasteiger partial charge in [-0.05, 0) is 36.1 Å². The number of amides is 3. The Balaban J connectivity index is 1.54. The van der Waals surface area contributed by atoms with Crippen molar-refractivity contribution < 1.29 is 19.1 Å². The molecule has 0 saturated carbocycles. The fraction of sp³-hybridized carbons (Fsp3) is 0.318. The highest BCUT2D eigenvalue weighted by Gasteiger charge is 2.29. The summed E-state index contributed by atoms with van der Waals surface area (Å²) in [6, 6.07) is 15.2. The molecule has 7 nitrogen and oxygen atoms in total. The van der Waals surface area contributed by atoms with Crippen molar-refractivity contribution in [1.29, 1.82) is 0 Å². The molecule has 0 aliphatic carbocycles. The van der Waals surface area contributed by atoms with E-state index in [9.17, 15) is 14.4 Å². The first kappa shape index (κ1) is 20.4. The van der Waals surface area contributed by atoms with Gasteiger partial charge in [-0.1, -0.05) is 50.2 Å². The van der Waals surface area contributed by atoms with E-state index >= 15 is 0 Å². The van der Waals surface area contributed by atoms with Gasteiger partial charge in [-0.15, -0.1) is 0 Å². The molecule has 1 aliphatic rings. The van der Waals surface area contributed by atoms with Gasteiger partial charge in [-0.2, -0.15) is 0 Å². The number of fused-ring (bicyclic) bond motifs is 1. The van der Waals surface area contributed by atoms with Gasteiger partial charge in [0.2, 0.25) is 0 Å². The topological polar surface area (TPSA) is 87.7 Å². The molecule has 29 heavy (non-hydrogen) atoms. The third-order valence-corrected chi connectivity index (χ3v) is 4.76. The zero-order chi connectivity index (χ0) is 20.8. The minimum Gasteiger partial charge on any atom is -0.454 e. The maximum absolute atomic E-state index is 12.5. The zero-order valence-corrected chi connectivity index (χ0v) is 16.6. The van der Waals surface area contributed by atoms with E-state index in [4.69, 9.17) is 4.74 Å². The average Bonchev–Trinajstić information content (AvgIpc) is 3.15. The normalized spacial score (nSPS) is 13.6. The number of para-hydroxylation sites is 2. The molecule has 1 aliphatic heterocycles. The first-order valence-corrected chi connectivity index (χ1v) is 9.63. The van der Waals surface area contributed by atoms with Gasteiger partial charge in [0.1, 0.15) is 6.04 Å². The Hall–Kier alpha value is -3.35. The number of carbonyl (C=O) groups is 3. The Bertz CT molecular complexity index is 883. The lowest BCUT2D eigenvalue weighted by Crippen LogP contribution is -2.47. The number of benzene rings is 2. The van der Waals surface area contributed by atoms with Gasteiger partial charge in [0.05, 0.1) is 0 Å². The van der Waals surface area contributed by atoms with Crippen molar-refractivity contribution in [3.63, 3.8) is 0 Å². The monoisotopic (exact) mass is 395 g/mol. The SMILES string of the molecule is CC(C)[C@H](NC(=O)Nc1ccccc1)C(=O)OCC(=O)N1CCc2ccccc21. The summed E-state index contributed by atoms with van der Waals surface area (Å²) in [6.45, 7) is 3.81. The second kappa shape index (κ2) is 9.23. The van der Waals surface area contributed by atoms with E-state index in [0.717, 1.165) is 17.7 Å². The molecule has 2 aromatic rings. The van der Waals surface area contributed by atoms with Crippen LogP contribution in [0.4, 0.5) is 16.2 Å². The molecular weight excluding hydrogens is 370 g/mol. The van der Waals surface area contributed by atoms with Gasteiger partial charge >= 0.3 is 12.0 Å². The number of hydrogen-bond acceptors (Lipinski definition) is 4. The van der Waals surface area contributed by atoms with Crippen LogP contribution in [-0.4, -0.2) is 37.1 Å². The van der Waals surface area contributed by atoms with Gasteiger partial charge in [0.25, 0.3) is 5.91 Å². The minimum absolute atomic E-state index is 0.202. The van der Waals surface area contributed by atoms with Crippen molar-refractivity contribution in [3.05, 3.63) is 60.2 Å². The Morgan fingerprint density at radius 3 is 2.45 bits per heavy atom. The molecule has 3 rings (SSSR count). The largest absolute Gasteiger partial charge is 0.454 e. The number of anilines is 2. The smallest absolute Gasteiger partial charge is 0.329 e. The van der Waals surface area contributed by atoms with Crippen molar-refractivity contribution in [2.45, 2.75) is 26.3 Å². The molecule has 0 fully saturated rings. The van der Waals surface area contributed by atoms with Crippen LogP contribution in [0, 0.1) is 5.92 Å². The van der Waals surface area contributed by atoms with Gasteiger partial charge in [0.15, 0.2) is 6.61 Å². The average molecular weight is 395 g/mol. The molecule has 2 N–H and O–H groups in total. The van der Waals surface area contributed by atoms with Gasteiger partial charge < -0.3 is 20.3 Å². The second-order valence-corrected chi connectivity index (χ2v) is 7.22. The van der Waals surface area contributed by atoms with Crippen LogP contribution in [0.5, 0.6) is 0 Å². The quantitative estimate of drug-likeness (QED) is 0.736. The highest BCUT2D eigenvalue weighted by atomic mass is 16.5. The summed E-state index contributed by atoms with van der Waals surface area (Å²) in [5, 5.41) is 5.29. The Morgan fingerprint density at radius 2 is 1.72 bits per heavy atom. The van der Waals surface area contributed by atoms with Crippen LogP contribution in [0.3, 0.4) is 0 Å². The fourth-order valence-corrected chi connectivity index (χ4v) is 3.23. The fourth-order valence-electron chi connectivity index (χ4n) is 3.23. The molecule has 0 unspecified atom stereocenters. The van der Waals surface area contributed by atoms with Gasteiger partial charge in [-0.3, -0.25) is 4.79 Å². The van der Waals surface area contributed by atoms with Crippen molar-refractivity contribution in [1.82, 2.24) is 5.32 Å². The van der Waals surface area contributed by atoms with Crippen LogP contribution in [-0.2, 0) is 20.7 Å². The van der Waals surface area contributed by atoms with E-state index in [1.807, 2.05) is 30.3 Å². The Kier molecular flexibility index (Phi) is 6.49. The summed E-state index contributed by atoms with van der Waals surface area (Å²) in [5.41, 5.74) is 2.57. The lowest BCUT2D eigenvalue weighted by atomic mass is 10.1. The predicted octanol–water partition coefficient (Wildman–Crippen LogP) is 2.97. The number of nitrogens with one attached hydrogen (secondary N) is 2. The van der Waals surface area contributed by atoms with Crippen LogP contribution in [0.1, 0.15) is 19.4 Å². The summed E-state index contributed by atoms with van der Waals surface area (Å²) >= 11 is 0. The molecule has 152 valence electrons. The lowest BCUT2D eigenvalue weighted by Gasteiger charge is -2.22. The number of urea groups is 1. The highest BCUT2D eigenvalue weighted by Crippen LogP contribution is 2.27.